The molecule has 0 aliphatic carbocycles. The van der Waals surface area contributed by atoms with Crippen LogP contribution in [0.5, 0.6) is 0 Å². The Morgan fingerprint density at radius 2 is 1.84 bits per heavy atom. The minimum Gasteiger partial charge on any atom is -0.326 e. The van der Waals surface area contributed by atoms with Crippen LogP contribution in [0.2, 0.25) is 5.02 Å². The van der Waals surface area contributed by atoms with Gasteiger partial charge in [-0.15, -0.1) is 0 Å². The van der Waals surface area contributed by atoms with Gasteiger partial charge < -0.3 is 5.32 Å². The number of nitrogens with zero attached hydrogens (tertiary/aromatic N) is 1. The topological polar surface area (TPSA) is 66.5 Å². The smallest absolute Gasteiger partial charge is 0.261 e. The van der Waals surface area contributed by atoms with Crippen LogP contribution in [-0.2, 0) is 4.79 Å². The van der Waals surface area contributed by atoms with E-state index in [-0.39, 0.29) is 30.7 Å². The molecule has 128 valence electrons. The summed E-state index contributed by atoms with van der Waals surface area (Å²) in [6, 6.07) is 10.1. The molecule has 5 nitrogen and oxygen atoms in total. The zero-order valence-electron chi connectivity index (χ0n) is 13.3. The standard InChI is InChI=1S/C18H14BrClN2O3/c1-10-2-4-12(9-15(10)20)21-16(23)6-7-22-17(24)13-5-3-11(19)8-14(13)18(22)25/h2-5,8-9H,6-7H2,1H3,(H,21,23). The maximum Gasteiger partial charge on any atom is 0.261 e. The van der Waals surface area contributed by atoms with Gasteiger partial charge in [-0.25, -0.2) is 0 Å². The second-order valence-electron chi connectivity index (χ2n) is 5.71. The molecule has 2 aromatic carbocycles. The van der Waals surface area contributed by atoms with Gasteiger partial charge in [0.1, 0.15) is 0 Å². The summed E-state index contributed by atoms with van der Waals surface area (Å²) < 4.78 is 0.725. The second-order valence-corrected chi connectivity index (χ2v) is 7.04. The number of hydrogen-bond acceptors (Lipinski definition) is 3. The van der Waals surface area contributed by atoms with E-state index in [9.17, 15) is 14.4 Å². The van der Waals surface area contributed by atoms with E-state index >= 15 is 0 Å². The molecule has 25 heavy (non-hydrogen) atoms. The van der Waals surface area contributed by atoms with Crippen LogP contribution >= 0.6 is 27.5 Å². The van der Waals surface area contributed by atoms with Crippen molar-refractivity contribution in [2.45, 2.75) is 13.3 Å². The van der Waals surface area contributed by atoms with Gasteiger partial charge in [0.25, 0.3) is 11.8 Å². The molecule has 3 rings (SSSR count). The quantitative estimate of drug-likeness (QED) is 0.758. The zero-order chi connectivity index (χ0) is 18.1. The van der Waals surface area contributed by atoms with Crippen molar-refractivity contribution in [3.8, 4) is 0 Å². The van der Waals surface area contributed by atoms with Gasteiger partial charge in [0.05, 0.1) is 11.1 Å². The highest BCUT2D eigenvalue weighted by atomic mass is 79.9. The van der Waals surface area contributed by atoms with Crippen LogP contribution in [0.3, 0.4) is 0 Å². The van der Waals surface area contributed by atoms with Gasteiger partial charge in [0.15, 0.2) is 0 Å². The fraction of sp³-hybridized carbons (Fsp3) is 0.167. The molecule has 1 aliphatic rings. The number of rotatable bonds is 4. The molecule has 0 saturated carbocycles. The number of carbonyl (C=O) groups is 3. The molecule has 0 saturated heterocycles. The Bertz CT molecular complexity index is 898. The monoisotopic (exact) mass is 420 g/mol. The van der Waals surface area contributed by atoms with Crippen molar-refractivity contribution in [2.24, 2.45) is 0 Å². The van der Waals surface area contributed by atoms with Crippen LogP contribution in [0.25, 0.3) is 0 Å². The summed E-state index contributed by atoms with van der Waals surface area (Å²) in [6.45, 7) is 1.89. The number of aryl methyl sites for hydroxylation is 1. The Hall–Kier alpha value is -2.18. The van der Waals surface area contributed by atoms with Gasteiger partial charge in [-0.3, -0.25) is 19.3 Å². The fourth-order valence-corrected chi connectivity index (χ4v) is 3.12. The highest BCUT2D eigenvalue weighted by molar-refractivity contribution is 9.10. The third-order valence-corrected chi connectivity index (χ3v) is 4.85. The van der Waals surface area contributed by atoms with Gasteiger partial charge in [-0.2, -0.15) is 0 Å². The number of nitrogens with one attached hydrogen (secondary N) is 1. The largest absolute Gasteiger partial charge is 0.326 e. The molecule has 1 heterocycles. The molecule has 1 aliphatic heterocycles. The molecular weight excluding hydrogens is 408 g/mol. The summed E-state index contributed by atoms with van der Waals surface area (Å²) >= 11 is 9.31. The van der Waals surface area contributed by atoms with E-state index in [0.29, 0.717) is 21.8 Å². The summed E-state index contributed by atoms with van der Waals surface area (Å²) in [6.07, 6.45) is 0.0120. The lowest BCUT2D eigenvalue weighted by Crippen LogP contribution is -2.32. The Labute approximate surface area is 158 Å². The lowest BCUT2D eigenvalue weighted by molar-refractivity contribution is -0.116. The van der Waals surface area contributed by atoms with Crippen molar-refractivity contribution in [1.82, 2.24) is 4.90 Å². The van der Waals surface area contributed by atoms with Crippen molar-refractivity contribution in [1.29, 1.82) is 0 Å². The van der Waals surface area contributed by atoms with Crippen molar-refractivity contribution in [3.63, 3.8) is 0 Å². The van der Waals surface area contributed by atoms with E-state index < -0.39 is 0 Å². The molecule has 2 aromatic rings. The number of benzene rings is 2. The van der Waals surface area contributed by atoms with Gasteiger partial charge >= 0.3 is 0 Å². The van der Waals surface area contributed by atoms with Crippen molar-refractivity contribution in [2.75, 3.05) is 11.9 Å². The van der Waals surface area contributed by atoms with E-state index in [0.717, 1.165) is 14.9 Å². The Balaban J connectivity index is 1.64. The van der Waals surface area contributed by atoms with Gasteiger partial charge in [-0.1, -0.05) is 33.6 Å². The van der Waals surface area contributed by atoms with Crippen LogP contribution in [0.4, 0.5) is 5.69 Å². The second kappa shape index (κ2) is 6.98. The van der Waals surface area contributed by atoms with E-state index in [1.165, 1.54) is 0 Å². The molecule has 0 radical (unpaired) electrons. The minimum absolute atomic E-state index is 0.0120. The van der Waals surface area contributed by atoms with E-state index in [1.54, 1.807) is 36.4 Å². The summed E-state index contributed by atoms with van der Waals surface area (Å²) in [5.41, 5.74) is 2.20. The number of hydrogen-bond donors (Lipinski definition) is 1. The summed E-state index contributed by atoms with van der Waals surface area (Å²) in [5.74, 6) is -1.05. The lowest BCUT2D eigenvalue weighted by Gasteiger charge is -2.13. The highest BCUT2D eigenvalue weighted by Crippen LogP contribution is 2.26. The maximum atomic E-state index is 12.3. The molecular formula is C18H14BrClN2O3. The van der Waals surface area contributed by atoms with Gasteiger partial charge in [0, 0.05) is 28.1 Å². The lowest BCUT2D eigenvalue weighted by atomic mass is 10.1. The first kappa shape index (κ1) is 17.6. The molecule has 0 atom stereocenters. The first-order valence-electron chi connectivity index (χ1n) is 7.58. The van der Waals surface area contributed by atoms with Crippen molar-refractivity contribution in [3.05, 3.63) is 62.6 Å². The maximum absolute atomic E-state index is 12.3. The number of halogens is 2. The number of amides is 3. The molecule has 0 unspecified atom stereocenters. The van der Waals surface area contributed by atoms with Crippen molar-refractivity contribution < 1.29 is 14.4 Å². The number of anilines is 1. The van der Waals surface area contributed by atoms with Gasteiger partial charge in [-0.05, 0) is 42.8 Å². The van der Waals surface area contributed by atoms with Crippen LogP contribution in [0, 0.1) is 6.92 Å². The first-order chi connectivity index (χ1) is 11.9. The highest BCUT2D eigenvalue weighted by Gasteiger charge is 2.35. The molecule has 1 N–H and O–H groups in total. The Morgan fingerprint density at radius 1 is 1.12 bits per heavy atom. The summed E-state index contributed by atoms with van der Waals surface area (Å²) in [5, 5.41) is 3.27. The molecule has 0 aromatic heterocycles. The summed E-state index contributed by atoms with van der Waals surface area (Å²) in [7, 11) is 0. The van der Waals surface area contributed by atoms with Gasteiger partial charge in [0.2, 0.25) is 5.91 Å². The fourth-order valence-electron chi connectivity index (χ4n) is 2.57. The van der Waals surface area contributed by atoms with Crippen LogP contribution in [0.15, 0.2) is 40.9 Å². The predicted octanol–water partition coefficient (Wildman–Crippen LogP) is 4.04. The molecule has 0 spiro atoms. The average molecular weight is 422 g/mol. The zero-order valence-corrected chi connectivity index (χ0v) is 15.6. The van der Waals surface area contributed by atoms with E-state index in [4.69, 9.17) is 11.6 Å². The van der Waals surface area contributed by atoms with Crippen molar-refractivity contribution >= 4 is 50.9 Å². The number of fused-ring (bicyclic) bond motifs is 1. The van der Waals surface area contributed by atoms with E-state index in [1.807, 2.05) is 6.92 Å². The Kier molecular flexibility index (Phi) is 4.92. The van der Waals surface area contributed by atoms with E-state index in [2.05, 4.69) is 21.2 Å². The third kappa shape index (κ3) is 3.60. The summed E-state index contributed by atoms with van der Waals surface area (Å²) in [4.78, 5) is 37.9. The molecule has 3 amide bonds. The normalized spacial score (nSPS) is 13.2. The van der Waals surface area contributed by atoms with Crippen LogP contribution in [-0.4, -0.2) is 29.2 Å². The van der Waals surface area contributed by atoms with Crippen LogP contribution < -0.4 is 5.32 Å². The SMILES string of the molecule is Cc1ccc(NC(=O)CCN2C(=O)c3ccc(Br)cc3C2=O)cc1Cl. The molecule has 0 bridgehead atoms. The number of carbonyl (C=O) groups excluding carboxylic acids is 3. The first-order valence-corrected chi connectivity index (χ1v) is 8.75. The molecule has 7 heteroatoms. The third-order valence-electron chi connectivity index (χ3n) is 3.95. The van der Waals surface area contributed by atoms with Crippen LogP contribution in [0.1, 0.15) is 32.7 Å². The average Bonchev–Trinajstić information content (AvgIpc) is 2.80. The minimum atomic E-state index is -0.382. The Morgan fingerprint density at radius 3 is 2.56 bits per heavy atom. The predicted molar refractivity (Wildman–Crippen MR) is 98.9 cm³/mol. The molecule has 0 fully saturated rings. The number of imide groups is 1.